The van der Waals surface area contributed by atoms with Gasteiger partial charge in [-0.1, -0.05) is 48.5 Å². The molecule has 1 atom stereocenters. The Morgan fingerprint density at radius 3 is 2.44 bits per heavy atom. The Labute approximate surface area is 151 Å². The van der Waals surface area contributed by atoms with Crippen LogP contribution < -0.4 is 10.0 Å². The Balaban J connectivity index is 1.76. The van der Waals surface area contributed by atoms with Crippen molar-refractivity contribution in [3.63, 3.8) is 0 Å². The Bertz CT molecular complexity index is 868. The maximum absolute atomic E-state index is 12.6. The summed E-state index contributed by atoms with van der Waals surface area (Å²) in [6, 6.07) is 22.8. The lowest BCUT2D eigenvalue weighted by molar-refractivity contribution is -0.645. The van der Waals surface area contributed by atoms with Crippen molar-refractivity contribution >= 4 is 23.4 Å². The van der Waals surface area contributed by atoms with Crippen molar-refractivity contribution < 1.29 is 9.52 Å². The summed E-state index contributed by atoms with van der Waals surface area (Å²) in [6.07, 6.45) is 1.43. The highest BCUT2D eigenvalue weighted by Crippen LogP contribution is 2.28. The second-order valence-corrected chi connectivity index (χ2v) is 6.89. The number of para-hydroxylation sites is 1. The quantitative estimate of drug-likeness (QED) is 0.428. The smallest absolute Gasteiger partial charge is 0.252 e. The van der Waals surface area contributed by atoms with Gasteiger partial charge in [0.05, 0.1) is 5.25 Å². The van der Waals surface area contributed by atoms with Crippen LogP contribution in [0.15, 0.2) is 84.0 Å². The normalized spacial score (nSPS) is 11.7. The molecule has 0 bridgehead atoms. The SMILES string of the molecule is CC(Sc1cccc[n+]1[O-])C(=O)Nc1ccccc1-c1ccccc1. The number of rotatable bonds is 5. The molecule has 5 heteroatoms. The standard InChI is InChI=1S/C20H18N2O2S/c1-15(25-19-13-7-8-14-22(19)24)20(23)21-18-12-6-5-11-17(18)16-9-3-2-4-10-16/h2-15H,1H3,(H,21,23). The number of hydrogen-bond donors (Lipinski definition) is 1. The molecule has 3 aromatic rings. The second-order valence-electron chi connectivity index (χ2n) is 5.53. The molecule has 25 heavy (non-hydrogen) atoms. The van der Waals surface area contributed by atoms with Crippen LogP contribution in [0.25, 0.3) is 11.1 Å². The van der Waals surface area contributed by atoms with E-state index < -0.39 is 5.25 Å². The number of hydrogen-bond acceptors (Lipinski definition) is 3. The first kappa shape index (κ1) is 17.0. The minimum absolute atomic E-state index is 0.141. The first-order valence-electron chi connectivity index (χ1n) is 7.95. The van der Waals surface area contributed by atoms with Gasteiger partial charge in [-0.15, -0.1) is 0 Å². The van der Waals surface area contributed by atoms with E-state index in [1.807, 2.05) is 54.6 Å². The van der Waals surface area contributed by atoms with Crippen LogP contribution in [0.3, 0.4) is 0 Å². The number of carbonyl (C=O) groups excluding carboxylic acids is 1. The van der Waals surface area contributed by atoms with Crippen molar-refractivity contribution in [2.24, 2.45) is 0 Å². The van der Waals surface area contributed by atoms with Crippen LogP contribution in [0, 0.1) is 5.21 Å². The molecule has 0 aliphatic heterocycles. The summed E-state index contributed by atoms with van der Waals surface area (Å²) in [6.45, 7) is 1.79. The first-order valence-corrected chi connectivity index (χ1v) is 8.83. The van der Waals surface area contributed by atoms with Gasteiger partial charge in [-0.05, 0) is 36.4 Å². The van der Waals surface area contributed by atoms with E-state index in [-0.39, 0.29) is 5.91 Å². The average Bonchev–Trinajstić information content (AvgIpc) is 2.64. The van der Waals surface area contributed by atoms with Crippen LogP contribution in [0.4, 0.5) is 5.69 Å². The molecule has 0 saturated carbocycles. The summed E-state index contributed by atoms with van der Waals surface area (Å²) in [5.41, 5.74) is 2.76. The fraction of sp³-hybridized carbons (Fsp3) is 0.100. The van der Waals surface area contributed by atoms with Gasteiger partial charge >= 0.3 is 0 Å². The molecule has 1 aromatic heterocycles. The lowest BCUT2D eigenvalue weighted by Crippen LogP contribution is -2.30. The second kappa shape index (κ2) is 7.85. The van der Waals surface area contributed by atoms with Crippen LogP contribution in [-0.2, 0) is 4.79 Å². The zero-order valence-electron chi connectivity index (χ0n) is 13.8. The maximum Gasteiger partial charge on any atom is 0.252 e. The largest absolute Gasteiger partial charge is 0.618 e. The molecule has 1 amide bonds. The maximum atomic E-state index is 12.6. The summed E-state index contributed by atoms with van der Waals surface area (Å²) < 4.78 is 0.770. The lowest BCUT2D eigenvalue weighted by atomic mass is 10.0. The highest BCUT2D eigenvalue weighted by atomic mass is 32.2. The number of nitrogens with zero attached hydrogens (tertiary/aromatic N) is 1. The lowest BCUT2D eigenvalue weighted by Gasteiger charge is -2.14. The van der Waals surface area contributed by atoms with Gasteiger partial charge < -0.3 is 10.5 Å². The van der Waals surface area contributed by atoms with Gasteiger partial charge in [0.15, 0.2) is 6.20 Å². The molecule has 3 rings (SSSR count). The summed E-state index contributed by atoms with van der Waals surface area (Å²) >= 11 is 1.24. The minimum Gasteiger partial charge on any atom is -0.618 e. The van der Waals surface area contributed by atoms with Crippen LogP contribution >= 0.6 is 11.8 Å². The number of benzene rings is 2. The van der Waals surface area contributed by atoms with Crippen molar-refractivity contribution in [2.75, 3.05) is 5.32 Å². The van der Waals surface area contributed by atoms with Crippen molar-refractivity contribution in [3.8, 4) is 11.1 Å². The third-order valence-corrected chi connectivity index (χ3v) is 4.85. The van der Waals surface area contributed by atoms with Crippen LogP contribution in [0.5, 0.6) is 0 Å². The number of thioether (sulfide) groups is 1. The van der Waals surface area contributed by atoms with Crippen molar-refractivity contribution in [1.82, 2.24) is 0 Å². The fourth-order valence-electron chi connectivity index (χ4n) is 2.43. The summed E-state index contributed by atoms with van der Waals surface area (Å²) in [7, 11) is 0. The molecule has 0 aliphatic rings. The Hall–Kier alpha value is -2.79. The van der Waals surface area contributed by atoms with E-state index >= 15 is 0 Å². The van der Waals surface area contributed by atoms with Crippen molar-refractivity contribution in [1.29, 1.82) is 0 Å². The van der Waals surface area contributed by atoms with Gasteiger partial charge in [-0.2, -0.15) is 4.73 Å². The Morgan fingerprint density at radius 2 is 1.68 bits per heavy atom. The molecule has 126 valence electrons. The Kier molecular flexibility index (Phi) is 5.36. The molecular weight excluding hydrogens is 332 g/mol. The fourth-order valence-corrected chi connectivity index (χ4v) is 3.28. The van der Waals surface area contributed by atoms with E-state index in [4.69, 9.17) is 0 Å². The van der Waals surface area contributed by atoms with Crippen molar-refractivity contribution in [2.45, 2.75) is 17.2 Å². The molecule has 4 nitrogen and oxygen atoms in total. The van der Waals surface area contributed by atoms with Gasteiger partial charge in [0, 0.05) is 23.4 Å². The van der Waals surface area contributed by atoms with Crippen molar-refractivity contribution in [3.05, 3.63) is 84.2 Å². The van der Waals surface area contributed by atoms with E-state index in [9.17, 15) is 10.0 Å². The highest BCUT2D eigenvalue weighted by Gasteiger charge is 2.19. The summed E-state index contributed by atoms with van der Waals surface area (Å²) in [5.74, 6) is -0.141. The molecular formula is C20H18N2O2S. The number of amides is 1. The molecule has 0 radical (unpaired) electrons. The predicted octanol–water partition coefficient (Wildman–Crippen LogP) is 4.11. The molecule has 1 heterocycles. The number of nitrogens with one attached hydrogen (secondary N) is 1. The first-order chi connectivity index (χ1) is 12.1. The zero-order chi connectivity index (χ0) is 17.6. The van der Waals surface area contributed by atoms with Gasteiger partial charge in [0.2, 0.25) is 5.91 Å². The van der Waals surface area contributed by atoms with E-state index in [1.165, 1.54) is 18.0 Å². The zero-order valence-corrected chi connectivity index (χ0v) is 14.6. The number of anilines is 1. The molecule has 0 spiro atoms. The molecule has 0 aliphatic carbocycles. The Morgan fingerprint density at radius 1 is 1.00 bits per heavy atom. The van der Waals surface area contributed by atoms with E-state index in [2.05, 4.69) is 5.32 Å². The third-order valence-electron chi connectivity index (χ3n) is 3.73. The molecule has 1 unspecified atom stereocenters. The predicted molar refractivity (Wildman–Crippen MR) is 101 cm³/mol. The average molecular weight is 350 g/mol. The van der Waals surface area contributed by atoms with E-state index in [0.717, 1.165) is 21.5 Å². The van der Waals surface area contributed by atoms with Crippen LogP contribution in [0.2, 0.25) is 0 Å². The van der Waals surface area contributed by atoms with Crippen LogP contribution in [-0.4, -0.2) is 11.2 Å². The van der Waals surface area contributed by atoms with Gasteiger partial charge in [-0.25, -0.2) is 0 Å². The topological polar surface area (TPSA) is 56.0 Å². The molecule has 0 fully saturated rings. The number of pyridine rings is 1. The van der Waals surface area contributed by atoms with E-state index in [1.54, 1.807) is 25.1 Å². The van der Waals surface area contributed by atoms with Gasteiger partial charge in [-0.3, -0.25) is 4.79 Å². The molecule has 0 saturated heterocycles. The van der Waals surface area contributed by atoms with Gasteiger partial charge in [0.1, 0.15) is 0 Å². The molecule has 2 aromatic carbocycles. The highest BCUT2D eigenvalue weighted by molar-refractivity contribution is 8.00. The summed E-state index contributed by atoms with van der Waals surface area (Å²) in [4.78, 5) is 12.6. The summed E-state index contributed by atoms with van der Waals surface area (Å²) in [5, 5.41) is 14.8. The number of carbonyl (C=O) groups is 1. The third kappa shape index (κ3) is 4.19. The molecule has 1 N–H and O–H groups in total. The monoisotopic (exact) mass is 350 g/mol. The number of aromatic nitrogens is 1. The van der Waals surface area contributed by atoms with Crippen LogP contribution in [0.1, 0.15) is 6.92 Å². The minimum atomic E-state index is -0.397. The van der Waals surface area contributed by atoms with Gasteiger partial charge in [0.25, 0.3) is 5.03 Å². The van der Waals surface area contributed by atoms with E-state index in [0.29, 0.717) is 5.03 Å².